The van der Waals surface area contributed by atoms with Crippen molar-refractivity contribution in [3.05, 3.63) is 102 Å². The van der Waals surface area contributed by atoms with Crippen LogP contribution < -0.4 is 10.1 Å². The van der Waals surface area contributed by atoms with E-state index in [2.05, 4.69) is 22.5 Å². The second kappa shape index (κ2) is 10.4. The number of hydrogen-bond acceptors (Lipinski definition) is 4. The second-order valence-corrected chi connectivity index (χ2v) is 7.27. The second-order valence-electron chi connectivity index (χ2n) is 7.27. The number of hydrogen-bond donors (Lipinski definition) is 1. The zero-order valence-corrected chi connectivity index (χ0v) is 17.9. The third-order valence-corrected chi connectivity index (χ3v) is 5.01. The van der Waals surface area contributed by atoms with E-state index in [1.807, 2.05) is 77.6 Å². The van der Waals surface area contributed by atoms with E-state index in [1.54, 1.807) is 13.3 Å². The summed E-state index contributed by atoms with van der Waals surface area (Å²) < 4.78 is 12.4. The summed E-state index contributed by atoms with van der Waals surface area (Å²) in [6.45, 7) is 1.72. The van der Waals surface area contributed by atoms with Crippen LogP contribution in [0, 0.1) is 0 Å². The average Bonchev–Trinajstić information content (AvgIpc) is 3.34. The molecule has 0 saturated carbocycles. The summed E-state index contributed by atoms with van der Waals surface area (Å²) >= 11 is 0. The smallest absolute Gasteiger partial charge is 0.256 e. The van der Waals surface area contributed by atoms with Gasteiger partial charge in [-0.05, 0) is 53.1 Å². The van der Waals surface area contributed by atoms with Gasteiger partial charge in [0.1, 0.15) is 12.4 Å². The summed E-state index contributed by atoms with van der Waals surface area (Å²) in [5.41, 5.74) is 4.34. The molecule has 1 aromatic heterocycles. The normalized spacial score (nSPS) is 10.7. The van der Waals surface area contributed by atoms with Gasteiger partial charge in [0, 0.05) is 30.8 Å². The molecule has 0 atom stereocenters. The van der Waals surface area contributed by atoms with Crippen LogP contribution in [0.4, 0.5) is 5.69 Å². The van der Waals surface area contributed by atoms with E-state index < -0.39 is 0 Å². The maximum atomic E-state index is 13.0. The fourth-order valence-corrected chi connectivity index (χ4v) is 3.38. The molecule has 1 amide bonds. The Morgan fingerprint density at radius 1 is 0.938 bits per heavy atom. The summed E-state index contributed by atoms with van der Waals surface area (Å²) in [5.74, 6) is 0.574. The largest absolute Gasteiger partial charge is 0.491 e. The van der Waals surface area contributed by atoms with Crippen LogP contribution in [0.15, 0.2) is 91.3 Å². The van der Waals surface area contributed by atoms with Crippen LogP contribution in [0.25, 0.3) is 11.1 Å². The molecule has 1 heterocycles. The zero-order chi connectivity index (χ0) is 22.2. The van der Waals surface area contributed by atoms with E-state index in [4.69, 9.17) is 9.47 Å². The SMILES string of the molecule is COCCOc1ccc(NC(=O)c2ccccc2-c2ccc(Cn3cccn3)cc2)cc1. The van der Waals surface area contributed by atoms with Gasteiger partial charge in [-0.25, -0.2) is 0 Å². The van der Waals surface area contributed by atoms with E-state index >= 15 is 0 Å². The Hall–Kier alpha value is -3.90. The molecule has 0 aliphatic carbocycles. The van der Waals surface area contributed by atoms with Crippen molar-refractivity contribution in [3.63, 3.8) is 0 Å². The molecule has 0 fully saturated rings. The molecule has 0 aliphatic heterocycles. The Bertz CT molecular complexity index is 1140. The highest BCUT2D eigenvalue weighted by atomic mass is 16.5. The minimum absolute atomic E-state index is 0.158. The number of carbonyl (C=O) groups excluding carboxylic acids is 1. The number of anilines is 1. The minimum Gasteiger partial charge on any atom is -0.491 e. The van der Waals surface area contributed by atoms with Crippen molar-refractivity contribution >= 4 is 11.6 Å². The number of methoxy groups -OCH3 is 1. The van der Waals surface area contributed by atoms with Gasteiger partial charge in [0.15, 0.2) is 0 Å². The van der Waals surface area contributed by atoms with Crippen molar-refractivity contribution in [2.24, 2.45) is 0 Å². The van der Waals surface area contributed by atoms with Crippen LogP contribution in [0.5, 0.6) is 5.75 Å². The van der Waals surface area contributed by atoms with E-state index in [-0.39, 0.29) is 5.91 Å². The van der Waals surface area contributed by atoms with Crippen molar-refractivity contribution in [1.29, 1.82) is 0 Å². The Balaban J connectivity index is 1.46. The maximum Gasteiger partial charge on any atom is 0.256 e. The van der Waals surface area contributed by atoms with Gasteiger partial charge in [0.05, 0.1) is 13.2 Å². The summed E-state index contributed by atoms with van der Waals surface area (Å²) in [4.78, 5) is 13.0. The predicted molar refractivity (Wildman–Crippen MR) is 125 cm³/mol. The molecule has 4 rings (SSSR count). The number of nitrogens with zero attached hydrogens (tertiary/aromatic N) is 2. The van der Waals surface area contributed by atoms with E-state index in [0.29, 0.717) is 31.0 Å². The van der Waals surface area contributed by atoms with E-state index in [9.17, 15) is 4.79 Å². The molecule has 6 heteroatoms. The highest BCUT2D eigenvalue weighted by Gasteiger charge is 2.13. The van der Waals surface area contributed by atoms with E-state index in [1.165, 1.54) is 0 Å². The Kier molecular flexibility index (Phi) is 6.94. The molecule has 0 radical (unpaired) electrons. The summed E-state index contributed by atoms with van der Waals surface area (Å²) in [7, 11) is 1.63. The van der Waals surface area contributed by atoms with Crippen molar-refractivity contribution in [2.45, 2.75) is 6.54 Å². The molecule has 0 bridgehead atoms. The predicted octanol–water partition coefficient (Wildman–Crippen LogP) is 4.88. The summed E-state index contributed by atoms with van der Waals surface area (Å²) in [6, 6.07) is 25.0. The van der Waals surface area contributed by atoms with Crippen LogP contribution in [0.2, 0.25) is 0 Å². The number of aromatic nitrogens is 2. The minimum atomic E-state index is -0.158. The first-order chi connectivity index (χ1) is 15.7. The Morgan fingerprint density at radius 2 is 1.72 bits per heavy atom. The van der Waals surface area contributed by atoms with Gasteiger partial charge in [-0.3, -0.25) is 9.48 Å². The molecule has 6 nitrogen and oxygen atoms in total. The fourth-order valence-electron chi connectivity index (χ4n) is 3.38. The van der Waals surface area contributed by atoms with Gasteiger partial charge < -0.3 is 14.8 Å². The first-order valence-corrected chi connectivity index (χ1v) is 10.4. The molecular formula is C26H25N3O3. The lowest BCUT2D eigenvalue weighted by Crippen LogP contribution is -2.13. The lowest BCUT2D eigenvalue weighted by molar-refractivity contribution is 0.102. The number of amides is 1. The maximum absolute atomic E-state index is 13.0. The lowest BCUT2D eigenvalue weighted by atomic mass is 9.98. The lowest BCUT2D eigenvalue weighted by Gasteiger charge is -2.12. The van der Waals surface area contributed by atoms with Gasteiger partial charge in [0.2, 0.25) is 0 Å². The molecule has 0 aliphatic rings. The highest BCUT2D eigenvalue weighted by Crippen LogP contribution is 2.25. The van der Waals surface area contributed by atoms with Gasteiger partial charge in [-0.15, -0.1) is 0 Å². The summed E-state index contributed by atoms with van der Waals surface area (Å²) in [6.07, 6.45) is 3.71. The van der Waals surface area contributed by atoms with Crippen molar-refractivity contribution in [2.75, 3.05) is 25.6 Å². The quantitative estimate of drug-likeness (QED) is 0.387. The first kappa shape index (κ1) is 21.3. The number of carbonyl (C=O) groups is 1. The number of rotatable bonds is 9. The monoisotopic (exact) mass is 427 g/mol. The molecule has 0 saturated heterocycles. The number of benzene rings is 3. The van der Waals surface area contributed by atoms with Gasteiger partial charge in [-0.2, -0.15) is 5.10 Å². The molecule has 4 aromatic rings. The first-order valence-electron chi connectivity index (χ1n) is 10.4. The van der Waals surface area contributed by atoms with Crippen molar-refractivity contribution in [3.8, 4) is 16.9 Å². The molecule has 3 aromatic carbocycles. The highest BCUT2D eigenvalue weighted by molar-refractivity contribution is 6.08. The van der Waals surface area contributed by atoms with Crippen molar-refractivity contribution in [1.82, 2.24) is 9.78 Å². The van der Waals surface area contributed by atoms with Crippen LogP contribution in [-0.2, 0) is 11.3 Å². The third kappa shape index (κ3) is 5.42. The average molecular weight is 428 g/mol. The molecule has 162 valence electrons. The number of nitrogens with one attached hydrogen (secondary N) is 1. The molecule has 32 heavy (non-hydrogen) atoms. The van der Waals surface area contributed by atoms with Crippen LogP contribution in [0.3, 0.4) is 0 Å². The Labute approximate surface area is 187 Å². The van der Waals surface area contributed by atoms with Crippen LogP contribution >= 0.6 is 0 Å². The van der Waals surface area contributed by atoms with Gasteiger partial charge in [-0.1, -0.05) is 42.5 Å². The molecule has 0 spiro atoms. The zero-order valence-electron chi connectivity index (χ0n) is 17.9. The molecular weight excluding hydrogens is 402 g/mol. The topological polar surface area (TPSA) is 65.4 Å². The van der Waals surface area contributed by atoms with Gasteiger partial charge >= 0.3 is 0 Å². The van der Waals surface area contributed by atoms with Crippen LogP contribution in [-0.4, -0.2) is 36.0 Å². The standard InChI is InChI=1S/C26H25N3O3/c1-31-17-18-32-23-13-11-22(12-14-23)28-26(30)25-6-3-2-5-24(25)21-9-7-20(8-10-21)19-29-16-4-15-27-29/h2-16H,17-19H2,1H3,(H,28,30). The Morgan fingerprint density at radius 3 is 2.44 bits per heavy atom. The third-order valence-electron chi connectivity index (χ3n) is 5.01. The number of ether oxygens (including phenoxy) is 2. The van der Waals surface area contributed by atoms with E-state index in [0.717, 1.165) is 22.4 Å². The molecule has 0 unspecified atom stereocenters. The fraction of sp³-hybridized carbons (Fsp3) is 0.154. The van der Waals surface area contributed by atoms with Crippen molar-refractivity contribution < 1.29 is 14.3 Å². The van der Waals surface area contributed by atoms with Crippen LogP contribution in [0.1, 0.15) is 15.9 Å². The van der Waals surface area contributed by atoms with Gasteiger partial charge in [0.25, 0.3) is 5.91 Å². The summed E-state index contributed by atoms with van der Waals surface area (Å²) in [5, 5.41) is 7.22. The molecule has 1 N–H and O–H groups in total.